The molecule has 2 aromatic rings. The predicted octanol–water partition coefficient (Wildman–Crippen LogP) is 5.07. The number of nitrogens with one attached hydrogen (secondary N) is 1. The van der Waals surface area contributed by atoms with Crippen molar-refractivity contribution in [3.63, 3.8) is 0 Å². The molecule has 0 amide bonds. The molecule has 0 aliphatic heterocycles. The molecule has 108 valence electrons. The Morgan fingerprint density at radius 3 is 2.80 bits per heavy atom. The fourth-order valence-electron chi connectivity index (χ4n) is 2.17. The second-order valence-corrected chi connectivity index (χ2v) is 6.68. The van der Waals surface area contributed by atoms with E-state index in [2.05, 4.69) is 39.6 Å². The number of likely N-dealkylation sites (N-methyl/N-ethyl adjacent to an activating group) is 1. The molecule has 0 saturated heterocycles. The zero-order valence-corrected chi connectivity index (χ0v) is 14.6. The number of rotatable bonds is 6. The van der Waals surface area contributed by atoms with Crippen molar-refractivity contribution in [3.8, 4) is 5.75 Å². The monoisotopic (exact) mass is 373 g/mol. The minimum absolute atomic E-state index is 0.210. The highest BCUT2D eigenvalue weighted by Gasteiger charge is 2.18. The van der Waals surface area contributed by atoms with Gasteiger partial charge in [-0.25, -0.2) is 0 Å². The van der Waals surface area contributed by atoms with Gasteiger partial charge in [0.1, 0.15) is 5.75 Å². The van der Waals surface area contributed by atoms with Crippen molar-refractivity contribution in [2.45, 2.75) is 19.4 Å². The van der Waals surface area contributed by atoms with Crippen LogP contribution in [0.5, 0.6) is 5.75 Å². The topological polar surface area (TPSA) is 21.3 Å². The first-order valence-electron chi connectivity index (χ1n) is 6.44. The average molecular weight is 375 g/mol. The molecule has 0 spiro atoms. The smallest absolute Gasteiger partial charge is 0.125 e. The zero-order chi connectivity index (χ0) is 14.5. The van der Waals surface area contributed by atoms with E-state index in [0.29, 0.717) is 5.02 Å². The summed E-state index contributed by atoms with van der Waals surface area (Å²) in [6, 6.07) is 8.11. The molecule has 0 bridgehead atoms. The molecule has 1 atom stereocenters. The van der Waals surface area contributed by atoms with E-state index >= 15 is 0 Å². The van der Waals surface area contributed by atoms with Gasteiger partial charge < -0.3 is 10.1 Å². The highest BCUT2D eigenvalue weighted by atomic mass is 79.9. The molecule has 1 aromatic carbocycles. The van der Waals surface area contributed by atoms with Crippen molar-refractivity contribution in [1.82, 2.24) is 5.32 Å². The second-order valence-electron chi connectivity index (χ2n) is 4.39. The molecule has 0 aliphatic rings. The summed E-state index contributed by atoms with van der Waals surface area (Å²) < 4.78 is 6.64. The van der Waals surface area contributed by atoms with Crippen molar-refractivity contribution in [2.75, 3.05) is 13.7 Å². The molecule has 2 nitrogen and oxygen atoms in total. The molecule has 20 heavy (non-hydrogen) atoms. The Balaban J connectivity index is 2.30. The maximum Gasteiger partial charge on any atom is 0.125 e. The third-order valence-corrected chi connectivity index (χ3v) is 5.29. The molecule has 0 radical (unpaired) electrons. The van der Waals surface area contributed by atoms with Gasteiger partial charge in [-0.05, 0) is 46.1 Å². The first-order valence-corrected chi connectivity index (χ1v) is 8.49. The Kier molecular flexibility index (Phi) is 5.90. The molecule has 0 saturated carbocycles. The molecule has 1 heterocycles. The van der Waals surface area contributed by atoms with Gasteiger partial charge in [-0.15, -0.1) is 11.3 Å². The standard InChI is InChI=1S/C15H17BrClNOS/c1-3-18-13(9-15-12(16)6-7-20-15)11-5-4-10(17)8-14(11)19-2/h4-8,13,18H,3,9H2,1-2H3. The normalized spacial score (nSPS) is 12.4. The van der Waals surface area contributed by atoms with E-state index in [1.807, 2.05) is 18.2 Å². The number of benzene rings is 1. The van der Waals surface area contributed by atoms with Gasteiger partial charge in [-0.3, -0.25) is 0 Å². The first-order chi connectivity index (χ1) is 9.65. The highest BCUT2D eigenvalue weighted by Crippen LogP contribution is 2.33. The lowest BCUT2D eigenvalue weighted by atomic mass is 10.0. The van der Waals surface area contributed by atoms with Gasteiger partial charge in [0.2, 0.25) is 0 Å². The number of thiophene rings is 1. The molecule has 2 rings (SSSR count). The lowest BCUT2D eigenvalue weighted by Gasteiger charge is -2.20. The van der Waals surface area contributed by atoms with E-state index in [1.165, 1.54) is 9.35 Å². The van der Waals surface area contributed by atoms with Gasteiger partial charge in [0.25, 0.3) is 0 Å². The van der Waals surface area contributed by atoms with Crippen LogP contribution in [0.15, 0.2) is 34.1 Å². The molecule has 0 fully saturated rings. The molecule has 5 heteroatoms. The van der Waals surface area contributed by atoms with Crippen LogP contribution < -0.4 is 10.1 Å². The van der Waals surface area contributed by atoms with Crippen LogP contribution in [0.3, 0.4) is 0 Å². The summed E-state index contributed by atoms with van der Waals surface area (Å²) in [5, 5.41) is 6.31. The summed E-state index contributed by atoms with van der Waals surface area (Å²) in [4.78, 5) is 1.33. The SMILES string of the molecule is CCNC(Cc1sccc1Br)c1ccc(Cl)cc1OC. The number of hydrogen-bond donors (Lipinski definition) is 1. The minimum Gasteiger partial charge on any atom is -0.496 e. The van der Waals surface area contributed by atoms with Crippen molar-refractivity contribution in [1.29, 1.82) is 0 Å². The van der Waals surface area contributed by atoms with Crippen LogP contribution >= 0.6 is 38.9 Å². The lowest BCUT2D eigenvalue weighted by molar-refractivity contribution is 0.399. The summed E-state index contributed by atoms with van der Waals surface area (Å²) >= 11 is 11.4. The van der Waals surface area contributed by atoms with Crippen LogP contribution in [0.25, 0.3) is 0 Å². The van der Waals surface area contributed by atoms with Gasteiger partial charge in [0.15, 0.2) is 0 Å². The Hall–Kier alpha value is -0.550. The summed E-state index contributed by atoms with van der Waals surface area (Å²) in [7, 11) is 1.68. The third kappa shape index (κ3) is 3.76. The molecule has 1 aromatic heterocycles. The van der Waals surface area contributed by atoms with Gasteiger partial charge in [-0.1, -0.05) is 24.6 Å². The summed E-state index contributed by atoms with van der Waals surface area (Å²) in [5.74, 6) is 0.830. The Morgan fingerprint density at radius 1 is 1.40 bits per heavy atom. The van der Waals surface area contributed by atoms with E-state index in [4.69, 9.17) is 16.3 Å². The van der Waals surface area contributed by atoms with E-state index in [1.54, 1.807) is 18.4 Å². The summed E-state index contributed by atoms with van der Waals surface area (Å²) in [6.07, 6.45) is 0.921. The minimum atomic E-state index is 0.210. The summed E-state index contributed by atoms with van der Waals surface area (Å²) in [6.45, 7) is 3.01. The van der Waals surface area contributed by atoms with Crippen molar-refractivity contribution in [2.24, 2.45) is 0 Å². The third-order valence-electron chi connectivity index (χ3n) is 3.10. The Bertz CT molecular complexity index is 573. The predicted molar refractivity (Wildman–Crippen MR) is 90.1 cm³/mol. The Morgan fingerprint density at radius 2 is 2.20 bits per heavy atom. The van der Waals surface area contributed by atoms with Gasteiger partial charge >= 0.3 is 0 Å². The van der Waals surface area contributed by atoms with Gasteiger partial charge in [0, 0.05) is 32.4 Å². The highest BCUT2D eigenvalue weighted by molar-refractivity contribution is 9.10. The number of hydrogen-bond acceptors (Lipinski definition) is 3. The number of methoxy groups -OCH3 is 1. The fourth-order valence-corrected chi connectivity index (χ4v) is 3.89. The van der Waals surface area contributed by atoms with Crippen molar-refractivity contribution >= 4 is 38.9 Å². The average Bonchev–Trinajstić information content (AvgIpc) is 2.84. The molecule has 1 N–H and O–H groups in total. The van der Waals surface area contributed by atoms with Crippen LogP contribution in [0.4, 0.5) is 0 Å². The number of ether oxygens (including phenoxy) is 1. The maximum absolute atomic E-state index is 6.04. The van der Waals surface area contributed by atoms with Gasteiger partial charge in [-0.2, -0.15) is 0 Å². The van der Waals surface area contributed by atoms with Crippen molar-refractivity contribution in [3.05, 3.63) is 49.6 Å². The largest absolute Gasteiger partial charge is 0.496 e. The van der Waals surface area contributed by atoms with E-state index in [-0.39, 0.29) is 6.04 Å². The maximum atomic E-state index is 6.04. The second kappa shape index (κ2) is 7.46. The van der Waals surface area contributed by atoms with Crippen LogP contribution in [0.2, 0.25) is 5.02 Å². The molecule has 0 aliphatic carbocycles. The fraction of sp³-hybridized carbons (Fsp3) is 0.333. The quantitative estimate of drug-likeness (QED) is 0.762. The van der Waals surface area contributed by atoms with Crippen LogP contribution in [0.1, 0.15) is 23.4 Å². The van der Waals surface area contributed by atoms with E-state index in [9.17, 15) is 0 Å². The summed E-state index contributed by atoms with van der Waals surface area (Å²) in [5.41, 5.74) is 1.14. The molecule has 1 unspecified atom stereocenters. The van der Waals surface area contributed by atoms with E-state index < -0.39 is 0 Å². The lowest BCUT2D eigenvalue weighted by Crippen LogP contribution is -2.23. The number of halogens is 2. The van der Waals surface area contributed by atoms with Crippen molar-refractivity contribution < 1.29 is 4.74 Å². The van der Waals surface area contributed by atoms with Crippen LogP contribution in [0, 0.1) is 0 Å². The first kappa shape index (κ1) is 15.8. The Labute approximate surface area is 137 Å². The molecular formula is C15H17BrClNOS. The van der Waals surface area contributed by atoms with Crippen LogP contribution in [-0.4, -0.2) is 13.7 Å². The molecular weight excluding hydrogens is 358 g/mol. The zero-order valence-electron chi connectivity index (χ0n) is 11.5. The van der Waals surface area contributed by atoms with Gasteiger partial charge in [0.05, 0.1) is 7.11 Å². The van der Waals surface area contributed by atoms with E-state index in [0.717, 1.165) is 24.3 Å². The van der Waals surface area contributed by atoms with Crippen LogP contribution in [-0.2, 0) is 6.42 Å².